The smallest absolute Gasteiger partial charge is 0.249 e. The van der Waals surface area contributed by atoms with E-state index in [-0.39, 0.29) is 5.56 Å². The molecule has 0 atom stereocenters. The van der Waals surface area contributed by atoms with Crippen LogP contribution in [0.4, 0.5) is 11.5 Å². The molecule has 2 aromatic heterocycles. The van der Waals surface area contributed by atoms with Crippen LogP contribution in [0.25, 0.3) is 11.1 Å². The molecule has 6 nitrogen and oxygen atoms in total. The van der Waals surface area contributed by atoms with Crippen molar-refractivity contribution in [1.29, 1.82) is 0 Å². The average molecular weight is 334 g/mol. The lowest BCUT2D eigenvalue weighted by molar-refractivity contribution is 0.0999. The zero-order valence-electron chi connectivity index (χ0n) is 14.0. The van der Waals surface area contributed by atoms with Gasteiger partial charge in [-0.05, 0) is 54.8 Å². The monoisotopic (exact) mass is 334 g/mol. The molecule has 0 spiro atoms. The van der Waals surface area contributed by atoms with Crippen LogP contribution < -0.4 is 16.6 Å². The Morgan fingerprint density at radius 1 is 1.12 bits per heavy atom. The van der Waals surface area contributed by atoms with Crippen molar-refractivity contribution in [3.05, 3.63) is 75.8 Å². The first kappa shape index (κ1) is 16.4. The third kappa shape index (κ3) is 3.42. The molecule has 0 aliphatic rings. The highest BCUT2D eigenvalue weighted by Gasteiger charge is 2.11. The van der Waals surface area contributed by atoms with Gasteiger partial charge in [0.2, 0.25) is 11.5 Å². The Hall–Kier alpha value is -3.41. The van der Waals surface area contributed by atoms with E-state index >= 15 is 0 Å². The van der Waals surface area contributed by atoms with Crippen molar-refractivity contribution in [3.8, 4) is 11.1 Å². The minimum atomic E-state index is -0.428. The summed E-state index contributed by atoms with van der Waals surface area (Å²) in [4.78, 5) is 29.7. The number of H-pyrrole nitrogens is 1. The molecule has 0 aliphatic carbocycles. The van der Waals surface area contributed by atoms with Gasteiger partial charge in [0.25, 0.3) is 0 Å². The summed E-state index contributed by atoms with van der Waals surface area (Å²) in [5, 5.41) is 3.08. The van der Waals surface area contributed by atoms with Crippen LogP contribution in [0, 0.1) is 13.8 Å². The molecule has 0 aliphatic heterocycles. The van der Waals surface area contributed by atoms with Crippen LogP contribution in [0.3, 0.4) is 0 Å². The van der Waals surface area contributed by atoms with Crippen molar-refractivity contribution in [1.82, 2.24) is 9.97 Å². The van der Waals surface area contributed by atoms with E-state index in [1.165, 1.54) is 6.07 Å². The molecule has 0 unspecified atom stereocenters. The first-order valence-corrected chi connectivity index (χ1v) is 7.78. The van der Waals surface area contributed by atoms with E-state index in [9.17, 15) is 9.59 Å². The summed E-state index contributed by atoms with van der Waals surface area (Å²) in [5.74, 6) is 0.208. The molecule has 4 N–H and O–H groups in total. The molecule has 0 radical (unpaired) electrons. The summed E-state index contributed by atoms with van der Waals surface area (Å²) >= 11 is 0. The first-order chi connectivity index (χ1) is 12.0. The van der Waals surface area contributed by atoms with Crippen molar-refractivity contribution in [2.24, 2.45) is 5.73 Å². The Morgan fingerprint density at radius 3 is 2.56 bits per heavy atom. The largest absolute Gasteiger partial charge is 0.366 e. The van der Waals surface area contributed by atoms with Gasteiger partial charge in [0.1, 0.15) is 5.82 Å². The third-order valence-electron chi connectivity index (χ3n) is 4.17. The minimum Gasteiger partial charge on any atom is -0.366 e. The SMILES string of the molecule is Cc1c(C(N)=O)ccc(-c2ccc(Nc3cc[nH]c(=O)c3)nc2)c1C. The van der Waals surface area contributed by atoms with Crippen molar-refractivity contribution in [3.63, 3.8) is 0 Å². The van der Waals surface area contributed by atoms with Gasteiger partial charge in [0.15, 0.2) is 0 Å². The highest BCUT2D eigenvalue weighted by molar-refractivity contribution is 5.95. The van der Waals surface area contributed by atoms with E-state index in [1.807, 2.05) is 32.0 Å². The molecular formula is C19H18N4O2. The van der Waals surface area contributed by atoms with Crippen LogP contribution in [0.15, 0.2) is 53.6 Å². The van der Waals surface area contributed by atoms with Gasteiger partial charge in [0, 0.05) is 35.3 Å². The molecular weight excluding hydrogens is 316 g/mol. The summed E-state index contributed by atoms with van der Waals surface area (Å²) in [6.45, 7) is 3.84. The van der Waals surface area contributed by atoms with Crippen LogP contribution >= 0.6 is 0 Å². The number of aromatic amines is 1. The number of primary amides is 1. The predicted molar refractivity (Wildman–Crippen MR) is 98.0 cm³/mol. The number of pyridine rings is 2. The molecule has 1 aromatic carbocycles. The lowest BCUT2D eigenvalue weighted by Gasteiger charge is -2.12. The minimum absolute atomic E-state index is 0.178. The van der Waals surface area contributed by atoms with Crippen LogP contribution in [0.1, 0.15) is 21.5 Å². The quantitative estimate of drug-likeness (QED) is 0.683. The highest BCUT2D eigenvalue weighted by atomic mass is 16.1. The van der Waals surface area contributed by atoms with Crippen molar-refractivity contribution in [2.45, 2.75) is 13.8 Å². The first-order valence-electron chi connectivity index (χ1n) is 7.78. The number of aromatic nitrogens is 2. The fourth-order valence-electron chi connectivity index (χ4n) is 2.70. The van der Waals surface area contributed by atoms with Crippen LogP contribution in [-0.4, -0.2) is 15.9 Å². The van der Waals surface area contributed by atoms with Crippen LogP contribution in [-0.2, 0) is 0 Å². The maximum atomic E-state index is 11.4. The molecule has 0 saturated heterocycles. The second kappa shape index (κ2) is 6.60. The summed E-state index contributed by atoms with van der Waals surface area (Å²) in [6, 6.07) is 10.6. The molecule has 126 valence electrons. The number of nitrogens with zero attached hydrogens (tertiary/aromatic N) is 1. The number of hydrogen-bond donors (Lipinski definition) is 3. The number of carbonyl (C=O) groups is 1. The number of rotatable bonds is 4. The Morgan fingerprint density at radius 2 is 1.92 bits per heavy atom. The summed E-state index contributed by atoms with van der Waals surface area (Å²) < 4.78 is 0. The average Bonchev–Trinajstić information content (AvgIpc) is 2.58. The number of hydrogen-bond acceptors (Lipinski definition) is 4. The summed E-state index contributed by atoms with van der Waals surface area (Å²) in [7, 11) is 0. The molecule has 0 fully saturated rings. The number of amides is 1. The Kier molecular flexibility index (Phi) is 4.35. The molecule has 1 amide bonds. The Labute approximate surface area is 144 Å². The highest BCUT2D eigenvalue weighted by Crippen LogP contribution is 2.28. The fraction of sp³-hybridized carbons (Fsp3) is 0.105. The fourth-order valence-corrected chi connectivity index (χ4v) is 2.70. The number of benzene rings is 1. The van der Waals surface area contributed by atoms with Gasteiger partial charge in [0.05, 0.1) is 0 Å². The van der Waals surface area contributed by atoms with Gasteiger partial charge < -0.3 is 16.0 Å². The predicted octanol–water partition coefficient (Wildman–Crippen LogP) is 2.90. The van der Waals surface area contributed by atoms with Crippen LogP contribution in [0.2, 0.25) is 0 Å². The number of nitrogens with two attached hydrogens (primary N) is 1. The summed E-state index contributed by atoms with van der Waals surface area (Å²) in [6.07, 6.45) is 3.33. The van der Waals surface area contributed by atoms with Crippen LogP contribution in [0.5, 0.6) is 0 Å². The van der Waals surface area contributed by atoms with E-state index in [0.29, 0.717) is 17.1 Å². The van der Waals surface area contributed by atoms with E-state index in [2.05, 4.69) is 15.3 Å². The molecule has 3 rings (SSSR count). The maximum Gasteiger partial charge on any atom is 0.249 e. The maximum absolute atomic E-state index is 11.4. The molecule has 2 heterocycles. The topological polar surface area (TPSA) is 101 Å². The van der Waals surface area contributed by atoms with E-state index in [1.54, 1.807) is 24.5 Å². The van der Waals surface area contributed by atoms with Gasteiger partial charge in [-0.15, -0.1) is 0 Å². The molecule has 0 saturated carbocycles. The molecule has 3 aromatic rings. The number of anilines is 2. The van der Waals surface area contributed by atoms with E-state index in [4.69, 9.17) is 5.73 Å². The Balaban J connectivity index is 1.89. The van der Waals surface area contributed by atoms with Gasteiger partial charge in [-0.3, -0.25) is 9.59 Å². The van der Waals surface area contributed by atoms with Crippen molar-refractivity contribution in [2.75, 3.05) is 5.32 Å². The van der Waals surface area contributed by atoms with Gasteiger partial charge >= 0.3 is 0 Å². The van der Waals surface area contributed by atoms with Gasteiger partial charge in [-0.25, -0.2) is 4.98 Å². The normalized spacial score (nSPS) is 10.5. The van der Waals surface area contributed by atoms with Gasteiger partial charge in [-0.1, -0.05) is 6.07 Å². The van der Waals surface area contributed by atoms with E-state index in [0.717, 1.165) is 22.3 Å². The van der Waals surface area contributed by atoms with Crippen molar-refractivity contribution < 1.29 is 4.79 Å². The van der Waals surface area contributed by atoms with Gasteiger partial charge in [-0.2, -0.15) is 0 Å². The van der Waals surface area contributed by atoms with E-state index < -0.39 is 5.91 Å². The second-order valence-corrected chi connectivity index (χ2v) is 5.77. The Bertz CT molecular complexity index is 991. The molecule has 0 bridgehead atoms. The van der Waals surface area contributed by atoms with Crippen molar-refractivity contribution >= 4 is 17.4 Å². The number of nitrogens with one attached hydrogen (secondary N) is 2. The number of carbonyl (C=O) groups excluding carboxylic acids is 1. The standard InChI is InChI=1S/C19H18N4O2/c1-11-12(2)16(19(20)25)5-4-15(11)13-3-6-17(22-10-13)23-14-7-8-21-18(24)9-14/h3-10H,1-2H3,(H2,20,25)(H2,21,22,23,24). The summed E-state index contributed by atoms with van der Waals surface area (Å²) in [5.41, 5.74) is 10.2. The zero-order chi connectivity index (χ0) is 18.0. The lowest BCUT2D eigenvalue weighted by Crippen LogP contribution is -2.13. The lowest BCUT2D eigenvalue weighted by atomic mass is 9.94. The molecule has 25 heavy (non-hydrogen) atoms. The molecule has 6 heteroatoms. The zero-order valence-corrected chi connectivity index (χ0v) is 14.0. The second-order valence-electron chi connectivity index (χ2n) is 5.77. The third-order valence-corrected chi connectivity index (χ3v) is 4.17.